The first-order chi connectivity index (χ1) is 18.9. The summed E-state index contributed by atoms with van der Waals surface area (Å²) in [6.45, 7) is 0. The summed E-state index contributed by atoms with van der Waals surface area (Å²) in [6, 6.07) is 13.2. The van der Waals surface area contributed by atoms with E-state index in [0.29, 0.717) is 39.0 Å². The molecule has 2 aromatic carbocycles. The molecule has 1 fully saturated rings. The number of carboxylic acids is 1. The number of pyridine rings is 1. The summed E-state index contributed by atoms with van der Waals surface area (Å²) in [5.41, 5.74) is 2.50. The lowest BCUT2D eigenvalue weighted by Crippen LogP contribution is -2.46. The predicted octanol–water partition coefficient (Wildman–Crippen LogP) is 5.52. The van der Waals surface area contributed by atoms with Crippen LogP contribution in [0, 0.1) is 5.92 Å². The predicted molar refractivity (Wildman–Crippen MR) is 148 cm³/mol. The van der Waals surface area contributed by atoms with E-state index in [1.165, 1.54) is 0 Å². The number of nitrogens with one attached hydrogen (secondary N) is 1. The molecular formula is C29H29ClN4O5. The number of hydrogen-bond acceptors (Lipinski definition) is 6. The Morgan fingerprint density at radius 3 is 2.44 bits per heavy atom. The molecule has 5 rings (SSSR count). The minimum Gasteiger partial charge on any atom is -0.496 e. The van der Waals surface area contributed by atoms with Crippen molar-refractivity contribution >= 4 is 34.4 Å². The van der Waals surface area contributed by atoms with Gasteiger partial charge in [-0.15, -0.1) is 0 Å². The van der Waals surface area contributed by atoms with Crippen molar-refractivity contribution in [1.82, 2.24) is 20.1 Å². The van der Waals surface area contributed by atoms with Crippen molar-refractivity contribution in [1.29, 1.82) is 0 Å². The summed E-state index contributed by atoms with van der Waals surface area (Å²) in [5, 5.41) is 18.6. The summed E-state index contributed by atoms with van der Waals surface area (Å²) in [5.74, 6) is -0.685. The van der Waals surface area contributed by atoms with Crippen LogP contribution in [-0.2, 0) is 4.79 Å². The SMILES string of the molecule is COc1cccc(OC)c1-c1cc(C(=O)N[C@@H](C(=O)O)C2CCCCC2)nn1-c1ccnc2cc(Cl)ccc12. The molecule has 2 N–H and O–H groups in total. The topological polar surface area (TPSA) is 116 Å². The Bertz CT molecular complexity index is 1510. The molecule has 1 amide bonds. The van der Waals surface area contributed by atoms with E-state index in [-0.39, 0.29) is 11.6 Å². The highest BCUT2D eigenvalue weighted by atomic mass is 35.5. The second kappa shape index (κ2) is 11.3. The first-order valence-electron chi connectivity index (χ1n) is 12.8. The van der Waals surface area contributed by atoms with Gasteiger partial charge in [-0.05, 0) is 61.2 Å². The zero-order valence-electron chi connectivity index (χ0n) is 21.7. The van der Waals surface area contributed by atoms with E-state index in [4.69, 9.17) is 21.1 Å². The number of nitrogens with zero attached hydrogens (tertiary/aromatic N) is 3. The highest BCUT2D eigenvalue weighted by molar-refractivity contribution is 6.31. The Balaban J connectivity index is 1.65. The fourth-order valence-electron chi connectivity index (χ4n) is 5.31. The second-order valence-electron chi connectivity index (χ2n) is 9.54. The van der Waals surface area contributed by atoms with Gasteiger partial charge in [-0.1, -0.05) is 36.9 Å². The molecule has 9 nitrogen and oxygen atoms in total. The zero-order valence-corrected chi connectivity index (χ0v) is 22.4. The highest BCUT2D eigenvalue weighted by Gasteiger charge is 2.32. The first-order valence-corrected chi connectivity index (χ1v) is 13.2. The van der Waals surface area contributed by atoms with Crippen LogP contribution in [-0.4, -0.2) is 52.0 Å². The van der Waals surface area contributed by atoms with Crippen LogP contribution < -0.4 is 14.8 Å². The van der Waals surface area contributed by atoms with Crippen molar-refractivity contribution in [3.05, 3.63) is 65.4 Å². The maximum absolute atomic E-state index is 13.5. The third-order valence-electron chi connectivity index (χ3n) is 7.21. The first kappa shape index (κ1) is 26.5. The molecule has 10 heteroatoms. The van der Waals surface area contributed by atoms with E-state index >= 15 is 0 Å². The number of hydrogen-bond donors (Lipinski definition) is 2. The Kier molecular flexibility index (Phi) is 7.70. The van der Waals surface area contributed by atoms with E-state index in [0.717, 1.165) is 37.5 Å². The average Bonchev–Trinajstić information content (AvgIpc) is 3.40. The molecular weight excluding hydrogens is 520 g/mol. The number of aliphatic carboxylic acids is 1. The van der Waals surface area contributed by atoms with Crippen molar-refractivity contribution in [2.75, 3.05) is 14.2 Å². The number of carbonyl (C=O) groups excluding carboxylic acids is 1. The molecule has 0 radical (unpaired) electrons. The number of halogens is 1. The lowest BCUT2D eigenvalue weighted by atomic mass is 9.84. The Hall–Kier alpha value is -4.11. The molecule has 2 aromatic heterocycles. The van der Waals surface area contributed by atoms with Crippen molar-refractivity contribution in [2.24, 2.45) is 5.92 Å². The van der Waals surface area contributed by atoms with Gasteiger partial charge in [-0.25, -0.2) is 9.48 Å². The minimum absolute atomic E-state index is 0.0685. The smallest absolute Gasteiger partial charge is 0.326 e. The number of ether oxygens (including phenoxy) is 2. The van der Waals surface area contributed by atoms with Gasteiger partial charge in [0.2, 0.25) is 0 Å². The van der Waals surface area contributed by atoms with Crippen LogP contribution in [0.25, 0.3) is 27.8 Å². The van der Waals surface area contributed by atoms with Crippen molar-refractivity contribution in [3.63, 3.8) is 0 Å². The molecule has 0 spiro atoms. The van der Waals surface area contributed by atoms with Gasteiger partial charge in [0.25, 0.3) is 5.91 Å². The highest BCUT2D eigenvalue weighted by Crippen LogP contribution is 2.40. The van der Waals surface area contributed by atoms with Crippen LogP contribution in [0.3, 0.4) is 0 Å². The summed E-state index contributed by atoms with van der Waals surface area (Å²) >= 11 is 6.21. The fraction of sp³-hybridized carbons (Fsp3) is 0.310. The fourth-order valence-corrected chi connectivity index (χ4v) is 5.48. The number of amides is 1. The van der Waals surface area contributed by atoms with Gasteiger partial charge in [0.05, 0.1) is 36.7 Å². The van der Waals surface area contributed by atoms with Crippen LogP contribution in [0.15, 0.2) is 54.7 Å². The molecule has 0 bridgehead atoms. The maximum Gasteiger partial charge on any atom is 0.326 e. The van der Waals surface area contributed by atoms with Gasteiger partial charge < -0.3 is 19.9 Å². The molecule has 1 aliphatic carbocycles. The lowest BCUT2D eigenvalue weighted by molar-refractivity contribution is -0.141. The number of rotatable bonds is 8. The third-order valence-corrected chi connectivity index (χ3v) is 7.44. The Labute approximate surface area is 230 Å². The van der Waals surface area contributed by atoms with Crippen molar-refractivity contribution in [3.8, 4) is 28.4 Å². The van der Waals surface area contributed by atoms with E-state index in [2.05, 4.69) is 15.4 Å². The molecule has 0 unspecified atom stereocenters. The molecule has 39 heavy (non-hydrogen) atoms. The Morgan fingerprint density at radius 1 is 1.05 bits per heavy atom. The van der Waals surface area contributed by atoms with Crippen LogP contribution in [0.4, 0.5) is 0 Å². The molecule has 202 valence electrons. The van der Waals surface area contributed by atoms with Gasteiger partial charge in [-0.3, -0.25) is 9.78 Å². The molecule has 2 heterocycles. The summed E-state index contributed by atoms with van der Waals surface area (Å²) < 4.78 is 12.9. The molecule has 1 atom stereocenters. The number of benzene rings is 2. The molecule has 1 aliphatic rings. The maximum atomic E-state index is 13.5. The van der Waals surface area contributed by atoms with Crippen molar-refractivity contribution < 1.29 is 24.2 Å². The van der Waals surface area contributed by atoms with E-state index in [1.54, 1.807) is 67.6 Å². The summed E-state index contributed by atoms with van der Waals surface area (Å²) in [7, 11) is 3.11. The molecule has 0 aliphatic heterocycles. The van der Waals surface area contributed by atoms with Crippen LogP contribution in [0.2, 0.25) is 5.02 Å². The lowest BCUT2D eigenvalue weighted by Gasteiger charge is -2.27. The normalized spacial score (nSPS) is 14.6. The number of carboxylic acid groups (broad SMARTS) is 1. The Morgan fingerprint density at radius 2 is 1.77 bits per heavy atom. The number of methoxy groups -OCH3 is 2. The van der Waals surface area contributed by atoms with Crippen LogP contribution in [0.1, 0.15) is 42.6 Å². The van der Waals surface area contributed by atoms with E-state index in [9.17, 15) is 14.7 Å². The largest absolute Gasteiger partial charge is 0.496 e. The van der Waals surface area contributed by atoms with Gasteiger partial charge in [-0.2, -0.15) is 5.10 Å². The number of fused-ring (bicyclic) bond motifs is 1. The van der Waals surface area contributed by atoms with Gasteiger partial charge in [0.1, 0.15) is 17.5 Å². The summed E-state index contributed by atoms with van der Waals surface area (Å²) in [6.07, 6.45) is 6.16. The van der Waals surface area contributed by atoms with Crippen molar-refractivity contribution in [2.45, 2.75) is 38.1 Å². The molecule has 0 saturated heterocycles. The monoisotopic (exact) mass is 548 g/mol. The van der Waals surface area contributed by atoms with E-state index in [1.807, 2.05) is 6.07 Å². The second-order valence-corrected chi connectivity index (χ2v) is 9.98. The quantitative estimate of drug-likeness (QED) is 0.298. The number of aromatic nitrogens is 3. The van der Waals surface area contributed by atoms with Gasteiger partial charge >= 0.3 is 5.97 Å². The van der Waals surface area contributed by atoms with Crippen LogP contribution >= 0.6 is 11.6 Å². The minimum atomic E-state index is -1.04. The summed E-state index contributed by atoms with van der Waals surface area (Å²) in [4.78, 5) is 30.1. The molecule has 4 aromatic rings. The standard InChI is InChI=1S/C29H29ClN4O5/c1-38-24-9-6-10-25(39-2)26(24)23-16-21(28(35)32-27(29(36)37)17-7-4-3-5-8-17)33-34(23)22-13-14-31-20-15-18(30)11-12-19(20)22/h6,9-17,27H,3-5,7-8H2,1-2H3,(H,32,35)(H,36,37)/t27-/m1/s1. The van der Waals surface area contributed by atoms with E-state index < -0.39 is 17.9 Å². The average molecular weight is 549 g/mol. The molecule has 1 saturated carbocycles. The van der Waals surface area contributed by atoms with Gasteiger partial charge in [0, 0.05) is 16.6 Å². The zero-order chi connectivity index (χ0) is 27.5. The van der Waals surface area contributed by atoms with Gasteiger partial charge in [0.15, 0.2) is 5.69 Å². The van der Waals surface area contributed by atoms with Crippen LogP contribution in [0.5, 0.6) is 11.5 Å². The third kappa shape index (κ3) is 5.27. The number of carbonyl (C=O) groups is 2.